The van der Waals surface area contributed by atoms with Crippen molar-refractivity contribution in [3.8, 4) is 0 Å². The van der Waals surface area contributed by atoms with Gasteiger partial charge in [0.15, 0.2) is 5.78 Å². The molecule has 2 aliphatic rings. The predicted molar refractivity (Wildman–Crippen MR) is 105 cm³/mol. The van der Waals surface area contributed by atoms with E-state index in [4.69, 9.17) is 0 Å². The highest BCUT2D eigenvalue weighted by atomic mass is 32.2. The first-order valence-corrected chi connectivity index (χ1v) is 11.5. The maximum absolute atomic E-state index is 12.6. The molecule has 2 atom stereocenters. The van der Waals surface area contributed by atoms with Crippen LogP contribution in [0.25, 0.3) is 0 Å². The van der Waals surface area contributed by atoms with Crippen LogP contribution in [0.3, 0.4) is 0 Å². The third kappa shape index (κ3) is 5.40. The van der Waals surface area contributed by atoms with Gasteiger partial charge in [0.2, 0.25) is 0 Å². The number of hydrogen-bond acceptors (Lipinski definition) is 4. The molecule has 1 saturated heterocycles. The average Bonchev–Trinajstić information content (AvgIpc) is 3.34. The first-order chi connectivity index (χ1) is 12.1. The molecule has 5 heteroatoms. The molecular formula is C21H31NO3S. The Morgan fingerprint density at radius 1 is 1.19 bits per heavy atom. The number of carbonyl (C=O) groups is 1. The Bertz CT molecular complexity index is 750. The third-order valence-electron chi connectivity index (χ3n) is 5.47. The fourth-order valence-corrected chi connectivity index (χ4v) is 5.28. The molecule has 1 N–H and O–H groups in total. The van der Waals surface area contributed by atoms with Crippen molar-refractivity contribution in [2.45, 2.75) is 58.4 Å². The van der Waals surface area contributed by atoms with Crippen LogP contribution in [0, 0.1) is 11.3 Å². The molecule has 1 aliphatic heterocycles. The molecular weight excluding hydrogens is 346 g/mol. The number of Topliss-reactive ketones (excluding diaryl/α,β-unsaturated/α-hetero) is 1. The highest BCUT2D eigenvalue weighted by molar-refractivity contribution is 7.91. The summed E-state index contributed by atoms with van der Waals surface area (Å²) in [6, 6.07) is 8.56. The van der Waals surface area contributed by atoms with E-state index in [-0.39, 0.29) is 28.6 Å². The van der Waals surface area contributed by atoms with E-state index in [9.17, 15) is 13.2 Å². The largest absolute Gasteiger partial charge is 0.313 e. The molecule has 0 amide bonds. The van der Waals surface area contributed by atoms with Crippen LogP contribution in [0.15, 0.2) is 24.3 Å². The van der Waals surface area contributed by atoms with Crippen LogP contribution < -0.4 is 5.32 Å². The normalized spacial score (nSPS) is 25.8. The van der Waals surface area contributed by atoms with Gasteiger partial charge in [0, 0.05) is 30.5 Å². The fraction of sp³-hybridized carbons (Fsp3) is 0.667. The van der Waals surface area contributed by atoms with E-state index in [1.807, 2.05) is 18.2 Å². The van der Waals surface area contributed by atoms with Crippen LogP contribution in [0.2, 0.25) is 0 Å². The van der Waals surface area contributed by atoms with Crippen molar-refractivity contribution < 1.29 is 13.2 Å². The van der Waals surface area contributed by atoms with Crippen molar-refractivity contribution in [2.24, 2.45) is 11.3 Å². The summed E-state index contributed by atoms with van der Waals surface area (Å²) in [4.78, 5) is 12.6. The fourth-order valence-electron chi connectivity index (χ4n) is 3.69. The maximum Gasteiger partial charge on any atom is 0.163 e. The summed E-state index contributed by atoms with van der Waals surface area (Å²) in [5, 5.41) is 3.63. The van der Waals surface area contributed by atoms with Crippen molar-refractivity contribution in [1.82, 2.24) is 5.32 Å². The van der Waals surface area contributed by atoms with E-state index in [1.54, 1.807) is 0 Å². The van der Waals surface area contributed by atoms with Crippen LogP contribution in [0.5, 0.6) is 0 Å². The van der Waals surface area contributed by atoms with Crippen LogP contribution in [0.4, 0.5) is 0 Å². The van der Waals surface area contributed by atoms with Gasteiger partial charge >= 0.3 is 0 Å². The molecule has 0 aromatic heterocycles. The minimum absolute atomic E-state index is 0.149. The first-order valence-electron chi connectivity index (χ1n) is 9.70. The lowest BCUT2D eigenvalue weighted by molar-refractivity contribution is 0.0958. The van der Waals surface area contributed by atoms with Crippen LogP contribution in [0.1, 0.15) is 68.3 Å². The number of nitrogens with one attached hydrogen (secondary N) is 1. The smallest absolute Gasteiger partial charge is 0.163 e. The third-order valence-corrected chi connectivity index (χ3v) is 7.19. The summed E-state index contributed by atoms with van der Waals surface area (Å²) in [5.74, 6) is 1.32. The summed E-state index contributed by atoms with van der Waals surface area (Å²) < 4.78 is 23.1. The van der Waals surface area contributed by atoms with Crippen molar-refractivity contribution in [3.63, 3.8) is 0 Å². The Morgan fingerprint density at radius 2 is 1.88 bits per heavy atom. The van der Waals surface area contributed by atoms with Crippen LogP contribution in [-0.4, -0.2) is 38.3 Å². The molecule has 2 unspecified atom stereocenters. The number of carbonyl (C=O) groups excluding carboxylic acids is 1. The van der Waals surface area contributed by atoms with Gasteiger partial charge in [-0.15, -0.1) is 0 Å². The average molecular weight is 378 g/mol. The predicted octanol–water partition coefficient (Wildman–Crippen LogP) is 3.58. The van der Waals surface area contributed by atoms with Gasteiger partial charge in [0.05, 0.1) is 11.5 Å². The van der Waals surface area contributed by atoms with Crippen LogP contribution >= 0.6 is 0 Å². The number of ketones is 1. The number of rotatable bonds is 6. The first kappa shape index (κ1) is 19.6. The molecule has 4 nitrogen and oxygen atoms in total. The van der Waals surface area contributed by atoms with Crippen molar-refractivity contribution in [1.29, 1.82) is 0 Å². The van der Waals surface area contributed by atoms with Gasteiger partial charge < -0.3 is 5.32 Å². The van der Waals surface area contributed by atoms with E-state index in [1.165, 1.54) is 5.56 Å². The Labute approximate surface area is 157 Å². The zero-order valence-electron chi connectivity index (χ0n) is 16.1. The second kappa shape index (κ2) is 7.43. The second-order valence-corrected chi connectivity index (χ2v) is 11.5. The molecule has 0 spiro atoms. The monoisotopic (exact) mass is 377 g/mol. The molecule has 26 heavy (non-hydrogen) atoms. The van der Waals surface area contributed by atoms with E-state index in [2.05, 4.69) is 32.2 Å². The Morgan fingerprint density at radius 3 is 2.54 bits per heavy atom. The van der Waals surface area contributed by atoms with Gasteiger partial charge in [-0.2, -0.15) is 0 Å². The standard InChI is InChI=1S/C21H31NO3S/c1-21(2,3)14-22-19-13-18(19)16-5-4-6-17(12-16)20(23)11-15-7-9-26(24,25)10-8-15/h4-6,12,15,18-19,22H,7-11,13-14H2,1-3H3. The summed E-state index contributed by atoms with van der Waals surface area (Å²) in [5.41, 5.74) is 2.30. The summed E-state index contributed by atoms with van der Waals surface area (Å²) in [7, 11) is -2.87. The SMILES string of the molecule is CC(C)(C)CNC1CC1c1cccc(C(=O)CC2CCS(=O)(=O)CC2)c1. The molecule has 1 heterocycles. The number of hydrogen-bond donors (Lipinski definition) is 1. The van der Waals surface area contributed by atoms with E-state index in [0.29, 0.717) is 31.2 Å². The molecule has 2 fully saturated rings. The number of sulfone groups is 1. The lowest BCUT2D eigenvalue weighted by atomic mass is 9.92. The Hall–Kier alpha value is -1.20. The van der Waals surface area contributed by atoms with Gasteiger partial charge in [-0.3, -0.25) is 4.79 Å². The van der Waals surface area contributed by atoms with Crippen molar-refractivity contribution >= 4 is 15.6 Å². The lowest BCUT2D eigenvalue weighted by Crippen LogP contribution is -2.29. The van der Waals surface area contributed by atoms with Crippen molar-refractivity contribution in [2.75, 3.05) is 18.1 Å². The van der Waals surface area contributed by atoms with Crippen molar-refractivity contribution in [3.05, 3.63) is 35.4 Å². The second-order valence-electron chi connectivity index (χ2n) is 9.24. The molecule has 1 saturated carbocycles. The highest BCUT2D eigenvalue weighted by Crippen LogP contribution is 2.41. The van der Waals surface area contributed by atoms with Gasteiger partial charge in [0.25, 0.3) is 0 Å². The Kier molecular flexibility index (Phi) is 5.59. The summed E-state index contributed by atoms with van der Waals surface area (Å²) in [6.45, 7) is 7.69. The zero-order chi connectivity index (χ0) is 18.9. The summed E-state index contributed by atoms with van der Waals surface area (Å²) in [6.07, 6.45) is 2.84. The van der Waals surface area contributed by atoms with Gasteiger partial charge in [-0.1, -0.05) is 39.0 Å². The highest BCUT2D eigenvalue weighted by Gasteiger charge is 2.38. The Balaban J connectivity index is 1.55. The zero-order valence-corrected chi connectivity index (χ0v) is 16.9. The molecule has 3 rings (SSSR count). The van der Waals surface area contributed by atoms with Gasteiger partial charge in [-0.25, -0.2) is 8.42 Å². The molecule has 1 aromatic rings. The molecule has 144 valence electrons. The molecule has 0 bridgehead atoms. The van der Waals surface area contributed by atoms with E-state index in [0.717, 1.165) is 18.5 Å². The van der Waals surface area contributed by atoms with E-state index >= 15 is 0 Å². The van der Waals surface area contributed by atoms with Gasteiger partial charge in [-0.05, 0) is 42.2 Å². The van der Waals surface area contributed by atoms with Crippen LogP contribution in [-0.2, 0) is 9.84 Å². The molecule has 1 aliphatic carbocycles. The minimum Gasteiger partial charge on any atom is -0.313 e. The lowest BCUT2D eigenvalue weighted by Gasteiger charge is -2.21. The number of benzene rings is 1. The van der Waals surface area contributed by atoms with E-state index < -0.39 is 9.84 Å². The maximum atomic E-state index is 12.6. The topological polar surface area (TPSA) is 63.2 Å². The molecule has 1 aromatic carbocycles. The van der Waals surface area contributed by atoms with Gasteiger partial charge in [0.1, 0.15) is 9.84 Å². The minimum atomic E-state index is -2.87. The summed E-state index contributed by atoms with van der Waals surface area (Å²) >= 11 is 0. The molecule has 0 radical (unpaired) electrons. The quantitative estimate of drug-likeness (QED) is 0.770.